The quantitative estimate of drug-likeness (QED) is 0.610. The van der Waals surface area contributed by atoms with Crippen molar-refractivity contribution in [3.8, 4) is 0 Å². The second-order valence-electron chi connectivity index (χ2n) is 2.68. The largest absolute Gasteiger partial charge is 0.391 e. The Morgan fingerprint density at radius 2 is 2.23 bits per heavy atom. The van der Waals surface area contributed by atoms with Crippen LogP contribution < -0.4 is 0 Å². The number of benzene rings is 1. The van der Waals surface area contributed by atoms with E-state index in [4.69, 9.17) is 5.11 Å². The molecule has 2 aromatic rings. The molecule has 0 spiro atoms. The lowest BCUT2D eigenvalue weighted by molar-refractivity contribution is 0.285. The van der Waals surface area contributed by atoms with Crippen molar-refractivity contribution in [3.63, 3.8) is 0 Å². The molecule has 0 unspecified atom stereocenters. The van der Waals surface area contributed by atoms with Gasteiger partial charge in [-0.2, -0.15) is 0 Å². The van der Waals surface area contributed by atoms with Crippen LogP contribution in [0.5, 0.6) is 0 Å². The Balaban J connectivity index is 2.76. The molecule has 0 bridgehead atoms. The first kappa shape index (κ1) is 9.76. The van der Waals surface area contributed by atoms with Crippen molar-refractivity contribution in [1.29, 1.82) is 0 Å². The van der Waals surface area contributed by atoms with Crippen LogP contribution in [0, 0.1) is 3.57 Å². The van der Waals surface area contributed by atoms with Crippen molar-refractivity contribution >= 4 is 56.6 Å². The Morgan fingerprint density at radius 1 is 1.46 bits per heavy atom. The standard InChI is InChI=1S/C9H7IOS2/c10-9-6-3-5(4-11)13-8(6)2-1-7(9)12/h1-3,11-12H,4H2. The number of halogens is 1. The lowest BCUT2D eigenvalue weighted by atomic mass is 10.2. The van der Waals surface area contributed by atoms with E-state index in [9.17, 15) is 0 Å². The number of thiophene rings is 1. The predicted octanol–water partition coefficient (Wildman–Crippen LogP) is 3.29. The van der Waals surface area contributed by atoms with Crippen molar-refractivity contribution in [2.24, 2.45) is 0 Å². The fraction of sp³-hybridized carbons (Fsp3) is 0.111. The summed E-state index contributed by atoms with van der Waals surface area (Å²) in [5, 5.41) is 10.2. The van der Waals surface area contributed by atoms with E-state index in [0.29, 0.717) is 0 Å². The van der Waals surface area contributed by atoms with Gasteiger partial charge >= 0.3 is 0 Å². The summed E-state index contributed by atoms with van der Waals surface area (Å²) in [4.78, 5) is 2.00. The number of aliphatic hydroxyl groups excluding tert-OH is 1. The highest BCUT2D eigenvalue weighted by molar-refractivity contribution is 14.1. The average molecular weight is 322 g/mol. The highest BCUT2D eigenvalue weighted by atomic mass is 127. The van der Waals surface area contributed by atoms with Crippen LogP contribution >= 0.6 is 46.6 Å². The molecule has 0 amide bonds. The molecule has 0 aliphatic rings. The number of aliphatic hydroxyl groups is 1. The fourth-order valence-corrected chi connectivity index (χ4v) is 3.13. The van der Waals surface area contributed by atoms with E-state index in [1.807, 2.05) is 18.2 Å². The molecule has 0 saturated heterocycles. The molecule has 1 aromatic heterocycles. The van der Waals surface area contributed by atoms with Gasteiger partial charge in [-0.25, -0.2) is 0 Å². The van der Waals surface area contributed by atoms with Crippen LogP contribution in [-0.4, -0.2) is 5.11 Å². The van der Waals surface area contributed by atoms with E-state index in [1.165, 1.54) is 10.1 Å². The Labute approximate surface area is 99.3 Å². The Morgan fingerprint density at radius 3 is 2.92 bits per heavy atom. The van der Waals surface area contributed by atoms with Crippen molar-refractivity contribution in [1.82, 2.24) is 0 Å². The van der Waals surface area contributed by atoms with Crippen LogP contribution in [0.25, 0.3) is 10.1 Å². The van der Waals surface area contributed by atoms with Crippen molar-refractivity contribution in [3.05, 3.63) is 26.6 Å². The fourth-order valence-electron chi connectivity index (χ4n) is 1.20. The number of fused-ring (bicyclic) bond motifs is 1. The molecule has 0 aliphatic heterocycles. The van der Waals surface area contributed by atoms with Crippen LogP contribution in [0.4, 0.5) is 0 Å². The summed E-state index contributed by atoms with van der Waals surface area (Å²) in [5.41, 5.74) is 0. The molecule has 0 aliphatic carbocycles. The van der Waals surface area contributed by atoms with E-state index in [-0.39, 0.29) is 6.61 Å². The summed E-state index contributed by atoms with van der Waals surface area (Å²) >= 11 is 8.26. The third-order valence-corrected chi connectivity index (χ3v) is 4.87. The maximum atomic E-state index is 8.99. The zero-order chi connectivity index (χ0) is 9.42. The monoisotopic (exact) mass is 322 g/mol. The minimum atomic E-state index is 0.122. The Hall–Kier alpha value is 0.220. The number of hydrogen-bond acceptors (Lipinski definition) is 3. The van der Waals surface area contributed by atoms with Gasteiger partial charge in [0.15, 0.2) is 0 Å². The van der Waals surface area contributed by atoms with Crippen molar-refractivity contribution in [2.75, 3.05) is 0 Å². The Kier molecular flexibility index (Phi) is 2.83. The van der Waals surface area contributed by atoms with Crippen LogP contribution in [0.3, 0.4) is 0 Å². The second-order valence-corrected chi connectivity index (χ2v) is 5.41. The summed E-state index contributed by atoms with van der Waals surface area (Å²) in [6.45, 7) is 0.122. The molecule has 1 N–H and O–H groups in total. The van der Waals surface area contributed by atoms with E-state index in [0.717, 1.165) is 13.3 Å². The maximum absolute atomic E-state index is 8.99. The number of rotatable bonds is 1. The second kappa shape index (κ2) is 3.76. The Bertz CT molecular complexity index is 450. The van der Waals surface area contributed by atoms with Crippen LogP contribution in [0.15, 0.2) is 23.1 Å². The van der Waals surface area contributed by atoms with Crippen LogP contribution in [0.2, 0.25) is 0 Å². The molecule has 2 rings (SSSR count). The molecule has 0 atom stereocenters. The smallest absolute Gasteiger partial charge is 0.0774 e. The summed E-state index contributed by atoms with van der Waals surface area (Å²) in [6, 6.07) is 6.07. The first-order valence-electron chi connectivity index (χ1n) is 3.73. The minimum Gasteiger partial charge on any atom is -0.391 e. The third kappa shape index (κ3) is 1.72. The zero-order valence-electron chi connectivity index (χ0n) is 6.62. The summed E-state index contributed by atoms with van der Waals surface area (Å²) in [6.07, 6.45) is 0. The van der Waals surface area contributed by atoms with E-state index >= 15 is 0 Å². The molecule has 1 aromatic carbocycles. The van der Waals surface area contributed by atoms with E-state index in [1.54, 1.807) is 11.3 Å². The number of hydrogen-bond donors (Lipinski definition) is 2. The van der Waals surface area contributed by atoms with Crippen LogP contribution in [-0.2, 0) is 6.61 Å². The lowest BCUT2D eigenvalue weighted by Crippen LogP contribution is -1.75. The van der Waals surface area contributed by atoms with Gasteiger partial charge in [0.1, 0.15) is 0 Å². The van der Waals surface area contributed by atoms with Gasteiger partial charge in [0.2, 0.25) is 0 Å². The first-order chi connectivity index (χ1) is 6.22. The van der Waals surface area contributed by atoms with Gasteiger partial charge in [-0.1, -0.05) is 0 Å². The molecular formula is C9H7IOS2. The summed E-state index contributed by atoms with van der Waals surface area (Å²) in [5.74, 6) is 0. The topological polar surface area (TPSA) is 20.2 Å². The van der Waals surface area contributed by atoms with Gasteiger partial charge < -0.3 is 5.11 Å². The molecule has 1 nitrogen and oxygen atoms in total. The molecular weight excluding hydrogens is 315 g/mol. The normalized spacial score (nSPS) is 11.0. The average Bonchev–Trinajstić information content (AvgIpc) is 2.55. The van der Waals surface area contributed by atoms with Gasteiger partial charge in [0, 0.05) is 23.4 Å². The molecule has 0 fully saturated rings. The summed E-state index contributed by atoms with van der Waals surface area (Å²) < 4.78 is 2.38. The summed E-state index contributed by atoms with van der Waals surface area (Å²) in [7, 11) is 0. The van der Waals surface area contributed by atoms with Crippen molar-refractivity contribution < 1.29 is 5.11 Å². The zero-order valence-corrected chi connectivity index (χ0v) is 10.5. The molecule has 68 valence electrons. The molecule has 13 heavy (non-hydrogen) atoms. The maximum Gasteiger partial charge on any atom is 0.0774 e. The molecule has 4 heteroatoms. The third-order valence-electron chi connectivity index (χ3n) is 1.82. The first-order valence-corrected chi connectivity index (χ1v) is 6.07. The van der Waals surface area contributed by atoms with Gasteiger partial charge in [0.05, 0.1) is 6.61 Å². The molecule has 0 radical (unpaired) electrons. The highest BCUT2D eigenvalue weighted by Crippen LogP contribution is 2.32. The van der Waals surface area contributed by atoms with E-state index < -0.39 is 0 Å². The SMILES string of the molecule is OCc1cc2c(I)c(S)ccc2s1. The highest BCUT2D eigenvalue weighted by Gasteiger charge is 2.06. The minimum absolute atomic E-state index is 0.122. The number of thiol groups is 1. The van der Waals surface area contributed by atoms with E-state index in [2.05, 4.69) is 35.2 Å². The van der Waals surface area contributed by atoms with Gasteiger partial charge in [0.25, 0.3) is 0 Å². The van der Waals surface area contributed by atoms with Crippen LogP contribution in [0.1, 0.15) is 4.88 Å². The molecule has 0 saturated carbocycles. The van der Waals surface area contributed by atoms with Gasteiger partial charge in [-0.05, 0) is 40.8 Å². The van der Waals surface area contributed by atoms with Gasteiger partial charge in [-0.15, -0.1) is 24.0 Å². The lowest BCUT2D eigenvalue weighted by Gasteiger charge is -1.96. The van der Waals surface area contributed by atoms with Crippen molar-refractivity contribution in [2.45, 2.75) is 11.5 Å². The van der Waals surface area contributed by atoms with Gasteiger partial charge in [-0.3, -0.25) is 0 Å². The predicted molar refractivity (Wildman–Crippen MR) is 67.7 cm³/mol. The molecule has 1 heterocycles.